The zero-order valence-corrected chi connectivity index (χ0v) is 14.3. The van der Waals surface area contributed by atoms with Gasteiger partial charge in [-0.1, -0.05) is 48.5 Å². The van der Waals surface area contributed by atoms with E-state index in [-0.39, 0.29) is 11.8 Å². The molecule has 0 aliphatic carbocycles. The molecule has 0 aliphatic heterocycles. The van der Waals surface area contributed by atoms with Crippen molar-refractivity contribution in [2.45, 2.75) is 25.8 Å². The van der Waals surface area contributed by atoms with Crippen molar-refractivity contribution >= 4 is 17.5 Å². The summed E-state index contributed by atoms with van der Waals surface area (Å²) >= 11 is 0. The van der Waals surface area contributed by atoms with Crippen LogP contribution >= 0.6 is 0 Å². The van der Waals surface area contributed by atoms with Gasteiger partial charge < -0.3 is 9.80 Å². The van der Waals surface area contributed by atoms with E-state index in [0.29, 0.717) is 25.8 Å². The maximum absolute atomic E-state index is 12.2. The lowest BCUT2D eigenvalue weighted by Crippen LogP contribution is -2.28. The molecule has 0 aliphatic rings. The molecule has 0 fully saturated rings. The molecule has 0 radical (unpaired) electrons. The van der Waals surface area contributed by atoms with Gasteiger partial charge in [-0.15, -0.1) is 0 Å². The number of anilines is 1. The van der Waals surface area contributed by atoms with Crippen molar-refractivity contribution in [2.24, 2.45) is 0 Å². The Morgan fingerprint density at radius 1 is 0.792 bits per heavy atom. The Hall–Kier alpha value is -2.62. The summed E-state index contributed by atoms with van der Waals surface area (Å²) in [6, 6.07) is 19.4. The molecule has 0 aromatic heterocycles. The summed E-state index contributed by atoms with van der Waals surface area (Å²) in [6.07, 6.45) is 1.32. The largest absolute Gasteiger partial charge is 0.341 e. The molecule has 2 rings (SSSR count). The normalized spacial score (nSPS) is 10.2. The van der Waals surface area contributed by atoms with Crippen LogP contribution in [0.4, 0.5) is 5.69 Å². The van der Waals surface area contributed by atoms with Crippen molar-refractivity contribution in [3.63, 3.8) is 0 Å². The van der Waals surface area contributed by atoms with E-state index < -0.39 is 0 Å². The van der Waals surface area contributed by atoms with Gasteiger partial charge in [-0.05, 0) is 24.1 Å². The third kappa shape index (κ3) is 5.23. The molecule has 0 atom stereocenters. The number of benzene rings is 2. The molecule has 0 heterocycles. The van der Waals surface area contributed by atoms with Crippen LogP contribution in [0, 0.1) is 0 Å². The monoisotopic (exact) mass is 324 g/mol. The van der Waals surface area contributed by atoms with Gasteiger partial charge in [0.2, 0.25) is 11.8 Å². The number of para-hydroxylation sites is 1. The lowest BCUT2D eigenvalue weighted by atomic mass is 10.1. The minimum absolute atomic E-state index is 0.0275. The summed E-state index contributed by atoms with van der Waals surface area (Å²) in [6.45, 7) is 0.595. The van der Waals surface area contributed by atoms with Crippen LogP contribution in [0.5, 0.6) is 0 Å². The first-order valence-corrected chi connectivity index (χ1v) is 8.17. The van der Waals surface area contributed by atoms with Crippen LogP contribution in [0.1, 0.15) is 24.8 Å². The number of rotatable bonds is 7. The number of amides is 2. The number of hydrogen-bond donors (Lipinski definition) is 0. The van der Waals surface area contributed by atoms with Crippen LogP contribution < -0.4 is 4.90 Å². The van der Waals surface area contributed by atoms with E-state index in [9.17, 15) is 9.59 Å². The SMILES string of the molecule is CN(Cc1ccccc1)C(=O)CCCC(=O)N(C)c1ccccc1. The lowest BCUT2D eigenvalue weighted by Gasteiger charge is -2.19. The van der Waals surface area contributed by atoms with Gasteiger partial charge in [0.05, 0.1) is 0 Å². The second-order valence-electron chi connectivity index (χ2n) is 5.88. The van der Waals surface area contributed by atoms with E-state index in [1.54, 1.807) is 23.9 Å². The van der Waals surface area contributed by atoms with Crippen molar-refractivity contribution < 1.29 is 9.59 Å². The Morgan fingerprint density at radius 2 is 1.33 bits per heavy atom. The Morgan fingerprint density at radius 3 is 1.96 bits per heavy atom. The predicted octanol–water partition coefficient (Wildman–Crippen LogP) is 3.48. The van der Waals surface area contributed by atoms with Gasteiger partial charge in [0.1, 0.15) is 0 Å². The third-order valence-electron chi connectivity index (χ3n) is 3.99. The molecule has 126 valence electrons. The summed E-state index contributed by atoms with van der Waals surface area (Å²) < 4.78 is 0. The van der Waals surface area contributed by atoms with Crippen LogP contribution in [0.25, 0.3) is 0 Å². The Labute approximate surface area is 143 Å². The van der Waals surface area contributed by atoms with Gasteiger partial charge in [-0.3, -0.25) is 9.59 Å². The van der Waals surface area contributed by atoms with Crippen LogP contribution in [0.15, 0.2) is 60.7 Å². The second kappa shape index (κ2) is 8.87. The van der Waals surface area contributed by atoms with Crippen molar-refractivity contribution in [3.8, 4) is 0 Å². The Kier molecular flexibility index (Phi) is 6.55. The van der Waals surface area contributed by atoms with Crippen molar-refractivity contribution in [2.75, 3.05) is 19.0 Å². The highest BCUT2D eigenvalue weighted by Crippen LogP contribution is 2.13. The maximum atomic E-state index is 12.2. The molecule has 0 bridgehead atoms. The fourth-order valence-corrected chi connectivity index (χ4v) is 2.49. The third-order valence-corrected chi connectivity index (χ3v) is 3.99. The van der Waals surface area contributed by atoms with Gasteiger partial charge >= 0.3 is 0 Å². The van der Waals surface area contributed by atoms with E-state index in [2.05, 4.69) is 0 Å². The molecular weight excluding hydrogens is 300 g/mol. The maximum Gasteiger partial charge on any atom is 0.226 e. The van der Waals surface area contributed by atoms with E-state index >= 15 is 0 Å². The lowest BCUT2D eigenvalue weighted by molar-refractivity contribution is -0.130. The minimum Gasteiger partial charge on any atom is -0.341 e. The molecule has 2 amide bonds. The van der Waals surface area contributed by atoms with Crippen LogP contribution in [-0.2, 0) is 16.1 Å². The van der Waals surface area contributed by atoms with Gasteiger partial charge in [0, 0.05) is 39.2 Å². The van der Waals surface area contributed by atoms with E-state index in [1.807, 2.05) is 60.7 Å². The second-order valence-corrected chi connectivity index (χ2v) is 5.88. The fourth-order valence-electron chi connectivity index (χ4n) is 2.49. The van der Waals surface area contributed by atoms with Crippen molar-refractivity contribution in [3.05, 3.63) is 66.2 Å². The highest BCUT2D eigenvalue weighted by molar-refractivity contribution is 5.92. The Bertz CT molecular complexity index is 656. The van der Waals surface area contributed by atoms with Crippen LogP contribution in [-0.4, -0.2) is 30.8 Å². The number of carbonyl (C=O) groups excluding carboxylic acids is 2. The molecule has 24 heavy (non-hydrogen) atoms. The fraction of sp³-hybridized carbons (Fsp3) is 0.300. The molecule has 0 unspecified atom stereocenters. The van der Waals surface area contributed by atoms with Crippen molar-refractivity contribution in [1.82, 2.24) is 4.90 Å². The van der Waals surface area contributed by atoms with Crippen molar-refractivity contribution in [1.29, 1.82) is 0 Å². The van der Waals surface area contributed by atoms with Gasteiger partial charge in [0.15, 0.2) is 0 Å². The van der Waals surface area contributed by atoms with Gasteiger partial charge in [0.25, 0.3) is 0 Å². The molecule has 0 saturated carbocycles. The van der Waals surface area contributed by atoms with E-state index in [4.69, 9.17) is 0 Å². The van der Waals surface area contributed by atoms with E-state index in [1.165, 1.54) is 0 Å². The molecule has 2 aromatic rings. The molecule has 0 spiro atoms. The van der Waals surface area contributed by atoms with Crippen LogP contribution in [0.2, 0.25) is 0 Å². The Balaban J connectivity index is 1.74. The zero-order valence-electron chi connectivity index (χ0n) is 14.3. The first kappa shape index (κ1) is 17.7. The molecule has 2 aromatic carbocycles. The highest BCUT2D eigenvalue weighted by Gasteiger charge is 2.13. The molecule has 0 N–H and O–H groups in total. The quantitative estimate of drug-likeness (QED) is 0.782. The smallest absolute Gasteiger partial charge is 0.226 e. The number of carbonyl (C=O) groups is 2. The average molecular weight is 324 g/mol. The molecule has 4 heteroatoms. The first-order valence-electron chi connectivity index (χ1n) is 8.17. The zero-order chi connectivity index (χ0) is 17.4. The minimum atomic E-state index is 0.0275. The summed E-state index contributed by atoms with van der Waals surface area (Å²) in [5.74, 6) is 0.0914. The number of nitrogens with zero attached hydrogens (tertiary/aromatic N) is 2. The van der Waals surface area contributed by atoms with Gasteiger partial charge in [-0.2, -0.15) is 0 Å². The highest BCUT2D eigenvalue weighted by atomic mass is 16.2. The molecular formula is C20H24N2O2. The average Bonchev–Trinajstić information content (AvgIpc) is 2.62. The summed E-state index contributed by atoms with van der Waals surface area (Å²) in [5, 5.41) is 0. The standard InChI is InChI=1S/C20H24N2O2/c1-21(16-17-10-5-3-6-11-17)19(23)14-9-15-20(24)22(2)18-12-7-4-8-13-18/h3-8,10-13H,9,14-16H2,1-2H3. The number of hydrogen-bond acceptors (Lipinski definition) is 2. The van der Waals surface area contributed by atoms with Crippen LogP contribution in [0.3, 0.4) is 0 Å². The van der Waals surface area contributed by atoms with E-state index in [0.717, 1.165) is 11.3 Å². The summed E-state index contributed by atoms with van der Waals surface area (Å²) in [7, 11) is 3.56. The first-order chi connectivity index (χ1) is 11.6. The molecule has 0 saturated heterocycles. The summed E-state index contributed by atoms with van der Waals surface area (Å²) in [5.41, 5.74) is 1.98. The topological polar surface area (TPSA) is 40.6 Å². The molecule has 4 nitrogen and oxygen atoms in total. The summed E-state index contributed by atoms with van der Waals surface area (Å²) in [4.78, 5) is 27.7. The van der Waals surface area contributed by atoms with Gasteiger partial charge in [-0.25, -0.2) is 0 Å². The predicted molar refractivity (Wildman–Crippen MR) is 96.6 cm³/mol.